The van der Waals surface area contributed by atoms with E-state index in [1.807, 2.05) is 0 Å². The average molecular weight is 402 g/mol. The Morgan fingerprint density at radius 3 is 2.55 bits per heavy atom. The first kappa shape index (κ1) is 20.6. The first-order chi connectivity index (χ1) is 13.9. The van der Waals surface area contributed by atoms with Crippen LogP contribution in [0.2, 0.25) is 0 Å². The Balaban J connectivity index is 1.54. The SMILES string of the molecule is CNC(=O)C1CCCN1C(=O)CNC(=O)C1CC(=O)N(c2ccc(OC)cc2)C1. The Labute approximate surface area is 169 Å². The molecule has 2 saturated heterocycles. The van der Waals surface area contributed by atoms with E-state index >= 15 is 0 Å². The van der Waals surface area contributed by atoms with Crippen LogP contribution in [-0.2, 0) is 19.2 Å². The summed E-state index contributed by atoms with van der Waals surface area (Å²) in [6.45, 7) is 0.579. The molecule has 9 heteroatoms. The first-order valence-corrected chi connectivity index (χ1v) is 9.67. The highest BCUT2D eigenvalue weighted by molar-refractivity contribution is 6.01. The number of ether oxygens (including phenoxy) is 1. The van der Waals surface area contributed by atoms with E-state index in [0.29, 0.717) is 24.4 Å². The summed E-state index contributed by atoms with van der Waals surface area (Å²) in [6, 6.07) is 6.57. The van der Waals surface area contributed by atoms with E-state index in [4.69, 9.17) is 4.74 Å². The van der Waals surface area contributed by atoms with E-state index in [0.717, 1.165) is 6.42 Å². The normalized spacial score (nSPS) is 21.2. The van der Waals surface area contributed by atoms with Crippen molar-refractivity contribution in [3.8, 4) is 5.75 Å². The van der Waals surface area contributed by atoms with Gasteiger partial charge in [-0.15, -0.1) is 0 Å². The summed E-state index contributed by atoms with van der Waals surface area (Å²) in [4.78, 5) is 52.2. The zero-order valence-electron chi connectivity index (χ0n) is 16.6. The van der Waals surface area contributed by atoms with Gasteiger partial charge in [0.15, 0.2) is 0 Å². The minimum absolute atomic E-state index is 0.0939. The smallest absolute Gasteiger partial charge is 0.242 e. The molecule has 2 fully saturated rings. The van der Waals surface area contributed by atoms with Crippen LogP contribution in [0.3, 0.4) is 0 Å². The van der Waals surface area contributed by atoms with Gasteiger partial charge >= 0.3 is 0 Å². The molecule has 0 saturated carbocycles. The lowest BCUT2D eigenvalue weighted by atomic mass is 10.1. The molecule has 0 bridgehead atoms. The van der Waals surface area contributed by atoms with Crippen LogP contribution >= 0.6 is 0 Å². The lowest BCUT2D eigenvalue weighted by Gasteiger charge is -2.23. The van der Waals surface area contributed by atoms with Gasteiger partial charge in [0.1, 0.15) is 11.8 Å². The number of likely N-dealkylation sites (N-methyl/N-ethyl adjacent to an activating group) is 1. The molecule has 2 heterocycles. The zero-order valence-corrected chi connectivity index (χ0v) is 16.6. The van der Waals surface area contributed by atoms with Gasteiger partial charge in [0.05, 0.1) is 19.6 Å². The number of nitrogens with zero attached hydrogens (tertiary/aromatic N) is 2. The van der Waals surface area contributed by atoms with Gasteiger partial charge in [0.2, 0.25) is 23.6 Å². The summed E-state index contributed by atoms with van der Waals surface area (Å²) >= 11 is 0. The number of carbonyl (C=O) groups excluding carboxylic acids is 4. The highest BCUT2D eigenvalue weighted by atomic mass is 16.5. The fourth-order valence-corrected chi connectivity index (χ4v) is 3.81. The molecule has 0 radical (unpaired) electrons. The van der Waals surface area contributed by atoms with Gasteiger partial charge < -0.3 is 25.2 Å². The van der Waals surface area contributed by atoms with Crippen molar-refractivity contribution in [1.82, 2.24) is 15.5 Å². The number of nitrogens with one attached hydrogen (secondary N) is 2. The molecule has 2 atom stereocenters. The maximum absolute atomic E-state index is 12.5. The molecule has 4 amide bonds. The second-order valence-corrected chi connectivity index (χ2v) is 7.18. The fourth-order valence-electron chi connectivity index (χ4n) is 3.81. The van der Waals surface area contributed by atoms with Crippen LogP contribution in [0.25, 0.3) is 0 Å². The van der Waals surface area contributed by atoms with Crippen LogP contribution in [0.15, 0.2) is 24.3 Å². The maximum atomic E-state index is 12.5. The third kappa shape index (κ3) is 4.49. The zero-order chi connectivity index (χ0) is 21.0. The Morgan fingerprint density at radius 1 is 1.17 bits per heavy atom. The number of methoxy groups -OCH3 is 1. The summed E-state index contributed by atoms with van der Waals surface area (Å²) in [6.07, 6.45) is 1.47. The van der Waals surface area contributed by atoms with Gasteiger partial charge in [-0.3, -0.25) is 19.2 Å². The van der Waals surface area contributed by atoms with Gasteiger partial charge in [0, 0.05) is 32.2 Å². The quantitative estimate of drug-likeness (QED) is 0.691. The van der Waals surface area contributed by atoms with Gasteiger partial charge in [-0.2, -0.15) is 0 Å². The molecule has 3 rings (SSSR count). The molecule has 1 aromatic rings. The molecule has 0 aromatic heterocycles. The fraction of sp³-hybridized carbons (Fsp3) is 0.500. The van der Waals surface area contributed by atoms with Crippen LogP contribution in [0.4, 0.5) is 5.69 Å². The van der Waals surface area contributed by atoms with Crippen molar-refractivity contribution in [3.05, 3.63) is 24.3 Å². The molecule has 156 valence electrons. The van der Waals surface area contributed by atoms with Gasteiger partial charge in [-0.1, -0.05) is 0 Å². The van der Waals surface area contributed by atoms with Gasteiger partial charge in [-0.25, -0.2) is 0 Å². The summed E-state index contributed by atoms with van der Waals surface area (Å²) in [5.41, 5.74) is 0.702. The highest BCUT2D eigenvalue weighted by Crippen LogP contribution is 2.27. The maximum Gasteiger partial charge on any atom is 0.242 e. The standard InChI is InChI=1S/C20H26N4O5/c1-21-20(28)16-4-3-9-23(16)18(26)11-22-19(27)13-10-17(25)24(12-13)14-5-7-15(29-2)8-6-14/h5-8,13,16H,3-4,9-12H2,1-2H3,(H,21,28)(H,22,27). The number of hydrogen-bond acceptors (Lipinski definition) is 5. The number of likely N-dealkylation sites (tertiary alicyclic amines) is 1. The van der Waals surface area contributed by atoms with Crippen molar-refractivity contribution in [1.29, 1.82) is 0 Å². The number of rotatable bonds is 6. The van der Waals surface area contributed by atoms with Gasteiger partial charge in [0.25, 0.3) is 0 Å². The predicted octanol–water partition coefficient (Wildman–Crippen LogP) is -0.0987. The van der Waals surface area contributed by atoms with E-state index in [1.54, 1.807) is 36.3 Å². The molecule has 2 aliphatic heterocycles. The minimum Gasteiger partial charge on any atom is -0.497 e. The molecular formula is C20H26N4O5. The van der Waals surface area contributed by atoms with Crippen molar-refractivity contribution < 1.29 is 23.9 Å². The lowest BCUT2D eigenvalue weighted by molar-refractivity contribution is -0.138. The number of carbonyl (C=O) groups is 4. The summed E-state index contributed by atoms with van der Waals surface area (Å²) in [7, 11) is 3.10. The van der Waals surface area contributed by atoms with Crippen LogP contribution in [-0.4, -0.2) is 68.4 Å². The third-order valence-corrected chi connectivity index (χ3v) is 5.42. The van der Waals surface area contributed by atoms with Crippen molar-refractivity contribution in [2.45, 2.75) is 25.3 Å². The minimum atomic E-state index is -0.522. The topological polar surface area (TPSA) is 108 Å². The molecule has 0 spiro atoms. The monoisotopic (exact) mass is 402 g/mol. The summed E-state index contributed by atoms with van der Waals surface area (Å²) in [5, 5.41) is 5.19. The van der Waals surface area contributed by atoms with E-state index in [-0.39, 0.29) is 43.1 Å². The Hall–Kier alpha value is -3.10. The number of hydrogen-bond donors (Lipinski definition) is 2. The van der Waals surface area contributed by atoms with Crippen molar-refractivity contribution >= 4 is 29.3 Å². The Kier molecular flexibility index (Phi) is 6.36. The largest absolute Gasteiger partial charge is 0.497 e. The second-order valence-electron chi connectivity index (χ2n) is 7.18. The van der Waals surface area contributed by atoms with Gasteiger partial charge in [-0.05, 0) is 37.1 Å². The van der Waals surface area contributed by atoms with Crippen molar-refractivity contribution in [3.63, 3.8) is 0 Å². The molecule has 2 N–H and O–H groups in total. The first-order valence-electron chi connectivity index (χ1n) is 9.67. The molecule has 2 unspecified atom stereocenters. The average Bonchev–Trinajstić information content (AvgIpc) is 3.38. The van der Waals surface area contributed by atoms with Crippen LogP contribution in [0, 0.1) is 5.92 Å². The van der Waals surface area contributed by atoms with Crippen LogP contribution in [0.5, 0.6) is 5.75 Å². The Morgan fingerprint density at radius 2 is 1.90 bits per heavy atom. The molecular weight excluding hydrogens is 376 g/mol. The molecule has 0 aliphatic carbocycles. The Bertz CT molecular complexity index is 795. The molecule has 9 nitrogen and oxygen atoms in total. The van der Waals surface area contributed by atoms with E-state index in [1.165, 1.54) is 11.9 Å². The molecule has 29 heavy (non-hydrogen) atoms. The number of benzene rings is 1. The lowest BCUT2D eigenvalue weighted by Crippen LogP contribution is -2.48. The third-order valence-electron chi connectivity index (χ3n) is 5.42. The van der Waals surface area contributed by atoms with Crippen molar-refractivity contribution in [2.75, 3.05) is 38.7 Å². The van der Waals surface area contributed by atoms with Crippen molar-refractivity contribution in [2.24, 2.45) is 5.92 Å². The number of anilines is 1. The molecule has 1 aromatic carbocycles. The number of amides is 4. The van der Waals surface area contributed by atoms with E-state index in [2.05, 4.69) is 10.6 Å². The predicted molar refractivity (Wildman–Crippen MR) is 105 cm³/mol. The molecule has 2 aliphatic rings. The van der Waals surface area contributed by atoms with Crippen LogP contribution in [0.1, 0.15) is 19.3 Å². The van der Waals surface area contributed by atoms with Crippen LogP contribution < -0.4 is 20.3 Å². The summed E-state index contributed by atoms with van der Waals surface area (Å²) in [5.74, 6) is -0.797. The van der Waals surface area contributed by atoms with E-state index < -0.39 is 12.0 Å². The summed E-state index contributed by atoms with van der Waals surface area (Å²) < 4.78 is 5.12. The van der Waals surface area contributed by atoms with E-state index in [9.17, 15) is 19.2 Å². The second kappa shape index (κ2) is 8.93. The highest BCUT2D eigenvalue weighted by Gasteiger charge is 2.36.